The van der Waals surface area contributed by atoms with E-state index in [2.05, 4.69) is 19.9 Å². The standard InChI is InChI=1S/C27H32N4O2/c1-25-9-7-19(32)11-17(25)3-4-20-21-5-6-23(26(21,2)10-8-22(20)25)24(33)12-27(15-30,16-31)18(13-28)14-29/h3,18-23,32H,4-12H2,1-2H3/t19-,20-,21+,22-,23+,25+,26+/m1/s1. The number of aliphatic hydroxyl groups excluding tert-OH is 1. The lowest BCUT2D eigenvalue weighted by molar-refractivity contribution is -0.131. The minimum Gasteiger partial charge on any atom is -0.393 e. The summed E-state index contributed by atoms with van der Waals surface area (Å²) in [5.41, 5.74) is -0.538. The van der Waals surface area contributed by atoms with E-state index in [9.17, 15) is 30.9 Å². The summed E-state index contributed by atoms with van der Waals surface area (Å²) in [5, 5.41) is 48.1. The highest BCUT2D eigenvalue weighted by Gasteiger charge is 2.60. The number of Topliss-reactive ketones (excluding diaryl/α,β-unsaturated/α-hetero) is 1. The number of rotatable bonds is 4. The molecule has 0 saturated heterocycles. The molecule has 0 spiro atoms. The van der Waals surface area contributed by atoms with Gasteiger partial charge in [-0.1, -0.05) is 25.5 Å². The fraction of sp³-hybridized carbons (Fsp3) is 0.741. The van der Waals surface area contributed by atoms with Crippen LogP contribution in [-0.2, 0) is 4.79 Å². The summed E-state index contributed by atoms with van der Waals surface area (Å²) in [4.78, 5) is 13.5. The van der Waals surface area contributed by atoms with Gasteiger partial charge in [0, 0.05) is 12.3 Å². The zero-order valence-electron chi connectivity index (χ0n) is 19.5. The van der Waals surface area contributed by atoms with Gasteiger partial charge >= 0.3 is 0 Å². The van der Waals surface area contributed by atoms with Crippen LogP contribution in [0.1, 0.15) is 71.6 Å². The van der Waals surface area contributed by atoms with Crippen molar-refractivity contribution in [1.29, 1.82) is 21.0 Å². The molecule has 6 heteroatoms. The Morgan fingerprint density at radius 3 is 2.42 bits per heavy atom. The lowest BCUT2D eigenvalue weighted by Gasteiger charge is -2.58. The van der Waals surface area contributed by atoms with Crippen LogP contribution in [0.4, 0.5) is 0 Å². The first kappa shape index (κ1) is 23.5. The molecule has 0 aliphatic heterocycles. The van der Waals surface area contributed by atoms with Gasteiger partial charge in [-0.15, -0.1) is 0 Å². The van der Waals surface area contributed by atoms with Crippen LogP contribution in [0.3, 0.4) is 0 Å². The predicted octanol–water partition coefficient (Wildman–Crippen LogP) is 4.58. The first-order chi connectivity index (χ1) is 15.7. The lowest BCUT2D eigenvalue weighted by atomic mass is 9.47. The third kappa shape index (κ3) is 3.39. The van der Waals surface area contributed by atoms with Crippen molar-refractivity contribution < 1.29 is 9.90 Å². The number of hydrogen-bond donors (Lipinski definition) is 1. The van der Waals surface area contributed by atoms with E-state index in [-0.39, 0.29) is 35.1 Å². The van der Waals surface area contributed by atoms with Crippen LogP contribution in [0.25, 0.3) is 0 Å². The summed E-state index contributed by atoms with van der Waals surface area (Å²) < 4.78 is 0. The number of nitrogens with zero attached hydrogens (tertiary/aromatic N) is 4. The predicted molar refractivity (Wildman–Crippen MR) is 119 cm³/mol. The van der Waals surface area contributed by atoms with Gasteiger partial charge in [-0.05, 0) is 80.0 Å². The lowest BCUT2D eigenvalue weighted by Crippen LogP contribution is -2.51. The summed E-state index contributed by atoms with van der Waals surface area (Å²) >= 11 is 0. The van der Waals surface area contributed by atoms with E-state index in [1.54, 1.807) is 12.1 Å². The normalized spacial score (nSPS) is 39.5. The van der Waals surface area contributed by atoms with Crippen LogP contribution < -0.4 is 0 Å². The van der Waals surface area contributed by atoms with Gasteiger partial charge in [-0.25, -0.2) is 0 Å². The van der Waals surface area contributed by atoms with Crippen LogP contribution in [0.5, 0.6) is 0 Å². The molecule has 6 nitrogen and oxygen atoms in total. The van der Waals surface area contributed by atoms with Crippen molar-refractivity contribution in [2.45, 2.75) is 77.7 Å². The number of carbonyl (C=O) groups excluding carboxylic acids is 1. The number of hydrogen-bond acceptors (Lipinski definition) is 6. The van der Waals surface area contributed by atoms with Crippen molar-refractivity contribution in [3.05, 3.63) is 11.6 Å². The molecule has 0 bridgehead atoms. The first-order valence-electron chi connectivity index (χ1n) is 12.2. The second-order valence-corrected chi connectivity index (χ2v) is 11.4. The summed E-state index contributed by atoms with van der Waals surface area (Å²) in [6.45, 7) is 4.59. The molecule has 3 saturated carbocycles. The van der Waals surface area contributed by atoms with Crippen LogP contribution in [0.15, 0.2) is 11.6 Å². The molecule has 4 aliphatic carbocycles. The molecule has 0 amide bonds. The largest absolute Gasteiger partial charge is 0.393 e. The molecule has 0 unspecified atom stereocenters. The van der Waals surface area contributed by atoms with Crippen LogP contribution >= 0.6 is 0 Å². The summed E-state index contributed by atoms with van der Waals surface area (Å²) in [6.07, 6.45) is 9.12. The fourth-order valence-electron chi connectivity index (χ4n) is 8.15. The molecule has 0 heterocycles. The maximum Gasteiger partial charge on any atom is 0.179 e. The number of aliphatic hydroxyl groups is 1. The van der Waals surface area contributed by atoms with Crippen molar-refractivity contribution in [1.82, 2.24) is 0 Å². The van der Waals surface area contributed by atoms with E-state index in [0.717, 1.165) is 51.4 Å². The van der Waals surface area contributed by atoms with E-state index in [4.69, 9.17) is 0 Å². The highest BCUT2D eigenvalue weighted by Crippen LogP contribution is 2.66. The van der Waals surface area contributed by atoms with Gasteiger partial charge in [-0.3, -0.25) is 4.79 Å². The zero-order valence-corrected chi connectivity index (χ0v) is 19.5. The van der Waals surface area contributed by atoms with Gasteiger partial charge in [0.15, 0.2) is 11.3 Å². The molecule has 7 atom stereocenters. The molecule has 0 aromatic heterocycles. The first-order valence-corrected chi connectivity index (χ1v) is 12.2. The second kappa shape index (κ2) is 8.28. The number of fused-ring (bicyclic) bond motifs is 5. The van der Waals surface area contributed by atoms with E-state index in [0.29, 0.717) is 17.8 Å². The van der Waals surface area contributed by atoms with Crippen molar-refractivity contribution in [3.63, 3.8) is 0 Å². The molecule has 33 heavy (non-hydrogen) atoms. The second-order valence-electron chi connectivity index (χ2n) is 11.4. The maximum atomic E-state index is 13.5. The number of carbonyl (C=O) groups is 1. The Morgan fingerprint density at radius 2 is 1.79 bits per heavy atom. The van der Waals surface area contributed by atoms with Gasteiger partial charge in [0.2, 0.25) is 0 Å². The zero-order chi connectivity index (χ0) is 24.0. The minimum absolute atomic E-state index is 0.134. The molecule has 4 rings (SSSR count). The Balaban J connectivity index is 1.58. The Kier molecular flexibility index (Phi) is 5.89. The molecule has 3 fully saturated rings. The highest BCUT2D eigenvalue weighted by molar-refractivity contribution is 5.84. The Hall–Kier alpha value is -2.67. The third-order valence-electron chi connectivity index (χ3n) is 10.1. The molecule has 0 aromatic rings. The quantitative estimate of drug-likeness (QED) is 0.631. The molecule has 172 valence electrons. The van der Waals surface area contributed by atoms with Crippen molar-refractivity contribution in [2.24, 2.45) is 45.8 Å². The fourth-order valence-corrected chi connectivity index (χ4v) is 8.15. The van der Waals surface area contributed by atoms with Crippen molar-refractivity contribution >= 4 is 5.78 Å². The Morgan fingerprint density at radius 1 is 1.09 bits per heavy atom. The molecule has 4 aliphatic rings. The van der Waals surface area contributed by atoms with Crippen LogP contribution in [0, 0.1) is 91.2 Å². The summed E-state index contributed by atoms with van der Waals surface area (Å²) in [7, 11) is 0. The van der Waals surface area contributed by atoms with Gasteiger partial charge in [0.1, 0.15) is 5.78 Å². The summed E-state index contributed by atoms with van der Waals surface area (Å²) in [6, 6.07) is 7.16. The van der Waals surface area contributed by atoms with E-state index in [1.807, 2.05) is 12.1 Å². The number of allylic oxidation sites excluding steroid dienone is 1. The monoisotopic (exact) mass is 444 g/mol. The SMILES string of the molecule is C[C@]12CC[C@@H]3[C@H](CC=C4C[C@H](O)CC[C@@]43C)[C@@H]1CC[C@H]2C(=O)CC(C#N)(C#N)C(C#N)C#N. The molecule has 0 radical (unpaired) electrons. The number of ketones is 1. The molecular formula is C27H32N4O2. The van der Waals surface area contributed by atoms with Crippen molar-refractivity contribution in [3.8, 4) is 24.3 Å². The van der Waals surface area contributed by atoms with Crippen molar-refractivity contribution in [2.75, 3.05) is 0 Å². The minimum atomic E-state index is -1.91. The van der Waals surface area contributed by atoms with Crippen LogP contribution in [0.2, 0.25) is 0 Å². The topological polar surface area (TPSA) is 132 Å². The average Bonchev–Trinajstić information content (AvgIpc) is 3.16. The Labute approximate surface area is 196 Å². The molecule has 0 aromatic carbocycles. The third-order valence-corrected chi connectivity index (χ3v) is 10.1. The number of nitriles is 4. The van der Waals surface area contributed by atoms with Gasteiger partial charge < -0.3 is 5.11 Å². The van der Waals surface area contributed by atoms with E-state index in [1.165, 1.54) is 5.57 Å². The van der Waals surface area contributed by atoms with Gasteiger partial charge in [0.05, 0.1) is 30.4 Å². The Bertz CT molecular complexity index is 1010. The van der Waals surface area contributed by atoms with E-state index >= 15 is 0 Å². The smallest absolute Gasteiger partial charge is 0.179 e. The maximum absolute atomic E-state index is 13.5. The van der Waals surface area contributed by atoms with Crippen LogP contribution in [-0.4, -0.2) is 17.0 Å². The van der Waals surface area contributed by atoms with E-state index < -0.39 is 11.3 Å². The average molecular weight is 445 g/mol. The molecular weight excluding hydrogens is 412 g/mol. The van der Waals surface area contributed by atoms with Gasteiger partial charge in [0.25, 0.3) is 0 Å². The highest BCUT2D eigenvalue weighted by atomic mass is 16.3. The summed E-state index contributed by atoms with van der Waals surface area (Å²) in [5.74, 6) is -0.345. The molecule has 1 N–H and O–H groups in total. The van der Waals surface area contributed by atoms with Gasteiger partial charge in [-0.2, -0.15) is 21.0 Å².